The molecule has 1 aromatic heterocycles. The summed E-state index contributed by atoms with van der Waals surface area (Å²) < 4.78 is 27.4. The number of halogens is 1. The van der Waals surface area contributed by atoms with E-state index in [0.29, 0.717) is 36.3 Å². The molecule has 1 N–H and O–H groups in total. The van der Waals surface area contributed by atoms with Gasteiger partial charge in [-0.15, -0.1) is 0 Å². The maximum Gasteiger partial charge on any atom is 0.407 e. The molecule has 0 spiro atoms. The summed E-state index contributed by atoms with van der Waals surface area (Å²) >= 11 is 0. The number of rotatable bonds is 8. The van der Waals surface area contributed by atoms with Crippen molar-refractivity contribution in [3.8, 4) is 11.4 Å². The molecular weight excluding hydrogens is 475 g/mol. The second-order valence-corrected chi connectivity index (χ2v) is 10.4. The van der Waals surface area contributed by atoms with Crippen LogP contribution in [0.5, 0.6) is 5.75 Å². The molecule has 1 aliphatic heterocycles. The zero-order chi connectivity index (χ0) is 26.6. The molecule has 1 saturated heterocycles. The number of anilines is 1. The molecule has 2 heterocycles. The Kier molecular flexibility index (Phi) is 8.00. The van der Waals surface area contributed by atoms with Gasteiger partial charge in [-0.3, -0.25) is 9.36 Å². The van der Waals surface area contributed by atoms with Crippen LogP contribution in [0.1, 0.15) is 47.0 Å². The van der Waals surface area contributed by atoms with Crippen molar-refractivity contribution in [3.63, 3.8) is 0 Å². The molecule has 0 unspecified atom stereocenters. The highest BCUT2D eigenvalue weighted by molar-refractivity contribution is 5.79. The first-order valence-electron chi connectivity index (χ1n) is 12.8. The molecule has 2 aromatic carbocycles. The third-order valence-electron chi connectivity index (χ3n) is 6.27. The molecule has 4 rings (SSSR count). The van der Waals surface area contributed by atoms with E-state index in [1.54, 1.807) is 24.3 Å². The van der Waals surface area contributed by atoms with Gasteiger partial charge in [0.2, 0.25) is 0 Å². The molecule has 1 fully saturated rings. The summed E-state index contributed by atoms with van der Waals surface area (Å²) in [6.45, 7) is 10.1. The molecule has 8 nitrogen and oxygen atoms in total. The minimum atomic E-state index is -0.542. The summed E-state index contributed by atoms with van der Waals surface area (Å²) in [5, 5.41) is 3.21. The lowest BCUT2D eigenvalue weighted by Crippen LogP contribution is -2.36. The second-order valence-electron chi connectivity index (χ2n) is 10.4. The van der Waals surface area contributed by atoms with Crippen molar-refractivity contribution in [2.75, 3.05) is 31.1 Å². The Morgan fingerprint density at radius 3 is 2.76 bits per heavy atom. The summed E-state index contributed by atoms with van der Waals surface area (Å²) in [7, 11) is 0. The van der Waals surface area contributed by atoms with Gasteiger partial charge in [-0.1, -0.05) is 13.3 Å². The largest absolute Gasteiger partial charge is 0.494 e. The smallest absolute Gasteiger partial charge is 0.407 e. The number of alkyl carbamates (subject to hydrolysis) is 1. The van der Waals surface area contributed by atoms with E-state index in [9.17, 15) is 9.59 Å². The van der Waals surface area contributed by atoms with Crippen LogP contribution >= 0.6 is 0 Å². The van der Waals surface area contributed by atoms with E-state index >= 15 is 4.39 Å². The highest BCUT2D eigenvalue weighted by Gasteiger charge is 2.25. The zero-order valence-corrected chi connectivity index (χ0v) is 21.9. The van der Waals surface area contributed by atoms with Crippen molar-refractivity contribution in [3.05, 3.63) is 58.9 Å². The van der Waals surface area contributed by atoms with E-state index in [1.807, 2.05) is 26.8 Å². The molecule has 1 amide bonds. The molecule has 198 valence electrons. The van der Waals surface area contributed by atoms with Crippen LogP contribution in [0.4, 0.5) is 14.9 Å². The number of carbonyl (C=O) groups is 1. The van der Waals surface area contributed by atoms with E-state index in [4.69, 9.17) is 9.47 Å². The molecular formula is C28H35FN4O4. The number of nitrogens with zero attached hydrogens (tertiary/aromatic N) is 3. The third-order valence-corrected chi connectivity index (χ3v) is 6.27. The quantitative estimate of drug-likeness (QED) is 0.427. The summed E-state index contributed by atoms with van der Waals surface area (Å²) in [5.74, 6) is 0.389. The number of hydrogen-bond donors (Lipinski definition) is 1. The average molecular weight is 511 g/mol. The number of ether oxygens (including phenoxy) is 2. The normalized spacial score (nSPS) is 15.7. The fraction of sp³-hybridized carbons (Fsp3) is 0.464. The van der Waals surface area contributed by atoms with Gasteiger partial charge >= 0.3 is 6.09 Å². The highest BCUT2D eigenvalue weighted by Crippen LogP contribution is 2.27. The Bertz CT molecular complexity index is 1320. The number of benzene rings is 2. The highest BCUT2D eigenvalue weighted by atomic mass is 19.1. The molecule has 1 atom stereocenters. The van der Waals surface area contributed by atoms with Gasteiger partial charge in [0.25, 0.3) is 5.56 Å². The van der Waals surface area contributed by atoms with Gasteiger partial charge in [-0.05, 0) is 69.9 Å². The fourth-order valence-electron chi connectivity index (χ4n) is 4.36. The van der Waals surface area contributed by atoms with Crippen molar-refractivity contribution in [2.45, 2.75) is 52.6 Å². The second kappa shape index (κ2) is 11.2. The number of fused-ring (bicyclic) bond motifs is 1. The van der Waals surface area contributed by atoms with Crippen molar-refractivity contribution in [1.29, 1.82) is 0 Å². The predicted molar refractivity (Wildman–Crippen MR) is 142 cm³/mol. The van der Waals surface area contributed by atoms with Crippen LogP contribution in [0.15, 0.2) is 47.5 Å². The van der Waals surface area contributed by atoms with Crippen LogP contribution in [-0.4, -0.2) is 47.5 Å². The molecule has 0 bridgehead atoms. The maximum absolute atomic E-state index is 15.2. The van der Waals surface area contributed by atoms with Crippen LogP contribution in [-0.2, 0) is 4.74 Å². The number of carbonyl (C=O) groups excluding carboxylic acids is 1. The Morgan fingerprint density at radius 2 is 2.03 bits per heavy atom. The lowest BCUT2D eigenvalue weighted by atomic mass is 10.1. The topological polar surface area (TPSA) is 85.7 Å². The van der Waals surface area contributed by atoms with E-state index in [2.05, 4.69) is 22.1 Å². The van der Waals surface area contributed by atoms with Gasteiger partial charge in [-0.25, -0.2) is 14.2 Å². The summed E-state index contributed by atoms with van der Waals surface area (Å²) in [6.07, 6.45) is 3.77. The molecule has 9 heteroatoms. The number of aromatic nitrogens is 2. The monoisotopic (exact) mass is 510 g/mol. The van der Waals surface area contributed by atoms with E-state index in [-0.39, 0.29) is 17.2 Å². The van der Waals surface area contributed by atoms with Crippen molar-refractivity contribution in [1.82, 2.24) is 14.9 Å². The van der Waals surface area contributed by atoms with Gasteiger partial charge < -0.3 is 19.7 Å². The van der Waals surface area contributed by atoms with Crippen LogP contribution in [0, 0.1) is 11.7 Å². The molecule has 1 aliphatic rings. The Balaban J connectivity index is 1.44. The Hall–Kier alpha value is -3.62. The summed E-state index contributed by atoms with van der Waals surface area (Å²) in [4.78, 5) is 31.5. The fourth-order valence-corrected chi connectivity index (χ4v) is 4.36. The van der Waals surface area contributed by atoms with Crippen molar-refractivity contribution in [2.24, 2.45) is 5.92 Å². The van der Waals surface area contributed by atoms with Gasteiger partial charge in [0.1, 0.15) is 23.5 Å². The first kappa shape index (κ1) is 26.4. The van der Waals surface area contributed by atoms with Crippen LogP contribution in [0.2, 0.25) is 0 Å². The number of hydrogen-bond acceptors (Lipinski definition) is 6. The van der Waals surface area contributed by atoms with Gasteiger partial charge in [0.15, 0.2) is 0 Å². The lowest BCUT2D eigenvalue weighted by Gasteiger charge is -2.21. The van der Waals surface area contributed by atoms with E-state index in [0.717, 1.165) is 31.5 Å². The zero-order valence-electron chi connectivity index (χ0n) is 21.9. The van der Waals surface area contributed by atoms with Gasteiger partial charge in [0.05, 0.1) is 23.2 Å². The minimum Gasteiger partial charge on any atom is -0.494 e. The van der Waals surface area contributed by atoms with Gasteiger partial charge in [-0.2, -0.15) is 0 Å². The minimum absolute atomic E-state index is 0.147. The summed E-state index contributed by atoms with van der Waals surface area (Å²) in [5.41, 5.74) is 0.506. The van der Waals surface area contributed by atoms with Crippen molar-refractivity contribution < 1.29 is 18.7 Å². The SMILES string of the molecule is CCCCOc1ccc2c(=O)n(-c3ccc(N4CC[C@H](CNC(=O)OC(C)(C)C)C4)cc3F)cnc2c1. The van der Waals surface area contributed by atoms with Crippen LogP contribution < -0.4 is 20.5 Å². The van der Waals surface area contributed by atoms with E-state index in [1.165, 1.54) is 17.0 Å². The van der Waals surface area contributed by atoms with Crippen molar-refractivity contribution >= 4 is 22.7 Å². The lowest BCUT2D eigenvalue weighted by molar-refractivity contribution is 0.0520. The number of nitrogens with one attached hydrogen (secondary N) is 1. The molecule has 37 heavy (non-hydrogen) atoms. The predicted octanol–water partition coefficient (Wildman–Crippen LogP) is 5.05. The molecule has 0 aliphatic carbocycles. The molecule has 0 saturated carbocycles. The molecule has 0 radical (unpaired) electrons. The first-order valence-corrected chi connectivity index (χ1v) is 12.8. The third kappa shape index (κ3) is 6.58. The Morgan fingerprint density at radius 1 is 1.22 bits per heavy atom. The first-order chi connectivity index (χ1) is 17.6. The van der Waals surface area contributed by atoms with Crippen LogP contribution in [0.3, 0.4) is 0 Å². The number of amides is 1. The van der Waals surface area contributed by atoms with E-state index < -0.39 is 17.5 Å². The maximum atomic E-state index is 15.2. The van der Waals surface area contributed by atoms with Gasteiger partial charge in [0, 0.05) is 31.4 Å². The average Bonchev–Trinajstić information content (AvgIpc) is 3.32. The Labute approximate surface area is 216 Å². The summed E-state index contributed by atoms with van der Waals surface area (Å²) in [6, 6.07) is 10.0. The molecule has 3 aromatic rings. The number of unbranched alkanes of at least 4 members (excludes halogenated alkanes) is 1. The van der Waals surface area contributed by atoms with Crippen LogP contribution in [0.25, 0.3) is 16.6 Å². The standard InChI is InChI=1S/C28H35FN4O4/c1-5-6-13-36-21-8-9-22-24(15-21)31-18-33(26(22)34)25-10-7-20(14-23(25)29)32-12-11-19(17-32)16-30-27(35)37-28(2,3)4/h7-10,14-15,18-19H,5-6,11-13,16-17H2,1-4H3,(H,30,35)/t19-/m1/s1.